The average Bonchev–Trinajstić information content (AvgIpc) is 2.78. The van der Waals surface area contributed by atoms with Crippen LogP contribution in [0.3, 0.4) is 0 Å². The van der Waals surface area contributed by atoms with Crippen LogP contribution in [0.4, 0.5) is 0 Å². The first-order valence-electron chi connectivity index (χ1n) is 6.28. The molecule has 17 heavy (non-hydrogen) atoms. The van der Waals surface area contributed by atoms with Gasteiger partial charge in [0.15, 0.2) is 11.5 Å². The monoisotopic (exact) mass is 230 g/mol. The molecule has 2 heterocycles. The minimum absolute atomic E-state index is 0.298. The summed E-state index contributed by atoms with van der Waals surface area (Å²) >= 11 is 0. The molecule has 0 aromatic carbocycles. The van der Waals surface area contributed by atoms with E-state index in [2.05, 4.69) is 17.1 Å². The number of hydrogen-bond donors (Lipinski definition) is 1. The molecule has 0 atom stereocenters. The predicted octanol–water partition coefficient (Wildman–Crippen LogP) is 2.09. The first-order chi connectivity index (χ1) is 8.19. The summed E-state index contributed by atoms with van der Waals surface area (Å²) in [6, 6.07) is 5.93. The molecule has 3 rings (SSSR count). The minimum atomic E-state index is -0.298. The lowest BCUT2D eigenvalue weighted by molar-refractivity contribution is 0.235. The Kier molecular flexibility index (Phi) is 2.40. The lowest BCUT2D eigenvalue weighted by Crippen LogP contribution is -2.41. The van der Waals surface area contributed by atoms with Crippen molar-refractivity contribution < 1.29 is 0 Å². The highest BCUT2D eigenvalue weighted by molar-refractivity contribution is 5.38. The molecular weight excluding hydrogens is 212 g/mol. The van der Waals surface area contributed by atoms with Crippen LogP contribution in [0.25, 0.3) is 5.65 Å². The van der Waals surface area contributed by atoms with Gasteiger partial charge in [-0.15, -0.1) is 10.2 Å². The smallest absolute Gasteiger partial charge is 0.160 e. The first-order valence-corrected chi connectivity index (χ1v) is 6.28. The summed E-state index contributed by atoms with van der Waals surface area (Å²) < 4.78 is 2.02. The minimum Gasteiger partial charge on any atom is -0.319 e. The molecule has 2 N–H and O–H groups in total. The number of rotatable bonds is 1. The maximum atomic E-state index is 6.53. The van der Waals surface area contributed by atoms with E-state index in [1.54, 1.807) is 0 Å². The van der Waals surface area contributed by atoms with Crippen molar-refractivity contribution in [2.45, 2.75) is 38.1 Å². The van der Waals surface area contributed by atoms with Gasteiger partial charge in [-0.1, -0.05) is 13.0 Å². The molecule has 4 heteroatoms. The van der Waals surface area contributed by atoms with E-state index in [1.165, 1.54) is 12.8 Å². The van der Waals surface area contributed by atoms with E-state index in [0.29, 0.717) is 0 Å². The van der Waals surface area contributed by atoms with Gasteiger partial charge in [-0.05, 0) is 43.7 Å². The lowest BCUT2D eigenvalue weighted by atomic mass is 9.77. The summed E-state index contributed by atoms with van der Waals surface area (Å²) in [6.07, 6.45) is 6.36. The number of nitrogens with two attached hydrogens (primary N) is 1. The van der Waals surface area contributed by atoms with Crippen molar-refractivity contribution in [2.75, 3.05) is 0 Å². The van der Waals surface area contributed by atoms with Crippen molar-refractivity contribution in [3.05, 3.63) is 30.2 Å². The fourth-order valence-corrected chi connectivity index (χ4v) is 2.68. The van der Waals surface area contributed by atoms with Gasteiger partial charge in [0.2, 0.25) is 0 Å². The second kappa shape index (κ2) is 3.81. The van der Waals surface area contributed by atoms with Crippen LogP contribution in [0, 0.1) is 5.92 Å². The zero-order valence-corrected chi connectivity index (χ0v) is 10.1. The van der Waals surface area contributed by atoms with Gasteiger partial charge in [-0.25, -0.2) is 0 Å². The Morgan fingerprint density at radius 2 is 2.06 bits per heavy atom. The molecule has 1 fully saturated rings. The Morgan fingerprint density at radius 1 is 1.29 bits per heavy atom. The van der Waals surface area contributed by atoms with Crippen LogP contribution >= 0.6 is 0 Å². The third-order valence-electron chi connectivity index (χ3n) is 3.93. The van der Waals surface area contributed by atoms with Gasteiger partial charge in [0.1, 0.15) is 0 Å². The van der Waals surface area contributed by atoms with Crippen LogP contribution in [0.15, 0.2) is 24.4 Å². The van der Waals surface area contributed by atoms with Gasteiger partial charge in [0.25, 0.3) is 0 Å². The largest absolute Gasteiger partial charge is 0.319 e. The second-order valence-corrected chi connectivity index (χ2v) is 5.29. The summed E-state index contributed by atoms with van der Waals surface area (Å²) in [7, 11) is 0. The molecule has 90 valence electrons. The van der Waals surface area contributed by atoms with Crippen molar-refractivity contribution in [1.29, 1.82) is 0 Å². The van der Waals surface area contributed by atoms with Crippen LogP contribution in [0.5, 0.6) is 0 Å². The highest BCUT2D eigenvalue weighted by Gasteiger charge is 2.35. The predicted molar refractivity (Wildman–Crippen MR) is 66.5 cm³/mol. The van der Waals surface area contributed by atoms with E-state index in [4.69, 9.17) is 5.73 Å². The molecule has 0 unspecified atom stereocenters. The van der Waals surface area contributed by atoms with Crippen LogP contribution in [0.2, 0.25) is 0 Å². The van der Waals surface area contributed by atoms with Gasteiger partial charge >= 0.3 is 0 Å². The Bertz CT molecular complexity index is 523. The van der Waals surface area contributed by atoms with E-state index in [9.17, 15) is 0 Å². The highest BCUT2D eigenvalue weighted by Crippen LogP contribution is 2.36. The maximum Gasteiger partial charge on any atom is 0.160 e. The van der Waals surface area contributed by atoms with Gasteiger partial charge in [-0.2, -0.15) is 0 Å². The Balaban J connectivity index is 2.03. The molecule has 0 spiro atoms. The summed E-state index contributed by atoms with van der Waals surface area (Å²) in [5.41, 5.74) is 7.11. The molecular formula is C13H18N4. The van der Waals surface area contributed by atoms with Crippen molar-refractivity contribution >= 4 is 5.65 Å². The van der Waals surface area contributed by atoms with Crippen molar-refractivity contribution in [2.24, 2.45) is 11.7 Å². The Labute approximate surface area is 101 Å². The quantitative estimate of drug-likeness (QED) is 0.816. The molecule has 4 nitrogen and oxygen atoms in total. The summed E-state index contributed by atoms with van der Waals surface area (Å²) in [6.45, 7) is 2.29. The standard InChI is InChI=1S/C13H18N4/c1-10-5-7-13(14,8-6-10)12-16-15-11-4-2-3-9-17(11)12/h2-4,9-10H,5-8,14H2,1H3. The third-order valence-corrected chi connectivity index (χ3v) is 3.93. The second-order valence-electron chi connectivity index (χ2n) is 5.29. The van der Waals surface area contributed by atoms with E-state index in [1.807, 2.05) is 28.8 Å². The molecule has 1 saturated carbocycles. The van der Waals surface area contributed by atoms with Gasteiger partial charge in [0, 0.05) is 6.20 Å². The van der Waals surface area contributed by atoms with Crippen LogP contribution in [0.1, 0.15) is 38.4 Å². The Hall–Kier alpha value is -1.42. The fraction of sp³-hybridized carbons (Fsp3) is 0.538. The van der Waals surface area contributed by atoms with Gasteiger partial charge in [-0.3, -0.25) is 4.40 Å². The van der Waals surface area contributed by atoms with Crippen LogP contribution < -0.4 is 5.73 Å². The number of hydrogen-bond acceptors (Lipinski definition) is 3. The summed E-state index contributed by atoms with van der Waals surface area (Å²) in [5, 5.41) is 8.49. The number of nitrogens with zero attached hydrogens (tertiary/aromatic N) is 3. The maximum absolute atomic E-state index is 6.53. The van der Waals surface area contributed by atoms with Gasteiger partial charge < -0.3 is 5.73 Å². The molecule has 0 bridgehead atoms. The fourth-order valence-electron chi connectivity index (χ4n) is 2.68. The van der Waals surface area contributed by atoms with E-state index >= 15 is 0 Å². The molecule has 1 aliphatic carbocycles. The first kappa shape index (κ1) is 10.7. The molecule has 0 radical (unpaired) electrons. The zero-order chi connectivity index (χ0) is 11.9. The molecule has 2 aromatic heterocycles. The normalized spacial score (nSPS) is 29.6. The van der Waals surface area contributed by atoms with Crippen molar-refractivity contribution in [3.63, 3.8) is 0 Å². The van der Waals surface area contributed by atoms with Crippen molar-refractivity contribution in [3.8, 4) is 0 Å². The van der Waals surface area contributed by atoms with E-state index < -0.39 is 0 Å². The SMILES string of the molecule is CC1CCC(N)(c2nnc3ccccn23)CC1. The lowest BCUT2D eigenvalue weighted by Gasteiger charge is -2.34. The third kappa shape index (κ3) is 1.72. The zero-order valence-electron chi connectivity index (χ0n) is 10.1. The number of fused-ring (bicyclic) bond motifs is 1. The molecule has 2 aromatic rings. The van der Waals surface area contributed by atoms with Crippen LogP contribution in [-0.4, -0.2) is 14.6 Å². The number of pyridine rings is 1. The molecule has 1 aliphatic rings. The van der Waals surface area contributed by atoms with Crippen LogP contribution in [-0.2, 0) is 5.54 Å². The average molecular weight is 230 g/mol. The van der Waals surface area contributed by atoms with E-state index in [0.717, 1.165) is 30.2 Å². The topological polar surface area (TPSA) is 56.2 Å². The Morgan fingerprint density at radius 3 is 2.82 bits per heavy atom. The van der Waals surface area contributed by atoms with E-state index in [-0.39, 0.29) is 5.54 Å². The highest BCUT2D eigenvalue weighted by atomic mass is 15.3. The van der Waals surface area contributed by atoms with Gasteiger partial charge in [0.05, 0.1) is 5.54 Å². The number of aromatic nitrogens is 3. The van der Waals surface area contributed by atoms with Crippen molar-refractivity contribution in [1.82, 2.24) is 14.6 Å². The molecule has 0 saturated heterocycles. The summed E-state index contributed by atoms with van der Waals surface area (Å²) in [5.74, 6) is 1.70. The molecule has 0 amide bonds. The molecule has 0 aliphatic heterocycles. The summed E-state index contributed by atoms with van der Waals surface area (Å²) in [4.78, 5) is 0.